The molecule has 0 spiro atoms. The van der Waals surface area contributed by atoms with Crippen LogP contribution in [0.2, 0.25) is 0 Å². The Hall–Kier alpha value is -6.03. The average Bonchev–Trinajstić information content (AvgIpc) is 3.80. The van der Waals surface area contributed by atoms with Gasteiger partial charge in [0.05, 0.1) is 11.4 Å². The summed E-state index contributed by atoms with van der Waals surface area (Å²) in [4.78, 5) is 7.35. The summed E-state index contributed by atoms with van der Waals surface area (Å²) in [5, 5.41) is 7.92. The normalized spacial score (nSPS) is 13.5. The first kappa shape index (κ1) is 43.2. The Morgan fingerprint density at radius 1 is 0.609 bits per heavy atom. The van der Waals surface area contributed by atoms with Crippen molar-refractivity contribution in [2.75, 3.05) is 4.90 Å². The van der Waals surface area contributed by atoms with Gasteiger partial charge >= 0.3 is 21.1 Å². The van der Waals surface area contributed by atoms with Gasteiger partial charge in [-0.3, -0.25) is 4.68 Å². The van der Waals surface area contributed by atoms with Crippen molar-refractivity contribution in [3.8, 4) is 33.9 Å². The largest absolute Gasteiger partial charge is 2.00 e. The Balaban J connectivity index is 0.00000518. The van der Waals surface area contributed by atoms with Crippen LogP contribution in [-0.2, 0) is 37.3 Å². The Morgan fingerprint density at radius 3 is 2.00 bits per heavy atom. The molecule has 1 aliphatic rings. The number of aromatic nitrogens is 4. The van der Waals surface area contributed by atoms with Crippen LogP contribution >= 0.6 is 0 Å². The Bertz CT molecular complexity index is 3240. The molecular weight excluding hydrogens is 962 g/mol. The van der Waals surface area contributed by atoms with Gasteiger partial charge in [-0.05, 0) is 94.8 Å². The van der Waals surface area contributed by atoms with Crippen LogP contribution in [0.3, 0.4) is 0 Å². The summed E-state index contributed by atoms with van der Waals surface area (Å²) >= 11 is 0. The van der Waals surface area contributed by atoms with Gasteiger partial charge in [0.1, 0.15) is 5.82 Å². The molecule has 1 aliphatic heterocycles. The summed E-state index contributed by atoms with van der Waals surface area (Å²) in [5.41, 5.74) is 18.5. The molecule has 5 nitrogen and oxygen atoms in total. The first-order valence-corrected chi connectivity index (χ1v) is 22.2. The third-order valence-electron chi connectivity index (χ3n) is 13.1. The first-order valence-electron chi connectivity index (χ1n) is 22.2. The molecule has 0 N–H and O–H groups in total. The van der Waals surface area contributed by atoms with Crippen molar-refractivity contribution in [1.29, 1.82) is 0 Å². The Kier molecular flexibility index (Phi) is 10.5. The van der Waals surface area contributed by atoms with Crippen molar-refractivity contribution in [2.45, 2.75) is 92.4 Å². The summed E-state index contributed by atoms with van der Waals surface area (Å²) in [5.74, 6) is 0.882. The Morgan fingerprint density at radius 2 is 1.28 bits per heavy atom. The minimum Gasteiger partial charge on any atom is -0.358 e. The number of hydrogen-bond donors (Lipinski definition) is 0. The van der Waals surface area contributed by atoms with Crippen LogP contribution < -0.4 is 4.90 Å². The zero-order valence-corrected chi connectivity index (χ0v) is 41.0. The smallest absolute Gasteiger partial charge is 0.358 e. The summed E-state index contributed by atoms with van der Waals surface area (Å²) < 4.78 is 4.44. The van der Waals surface area contributed by atoms with Gasteiger partial charge in [-0.25, -0.2) is 4.98 Å². The number of benzene rings is 6. The molecule has 6 aromatic carbocycles. The van der Waals surface area contributed by atoms with Crippen LogP contribution in [0.5, 0.6) is 0 Å². The van der Waals surface area contributed by atoms with Crippen LogP contribution in [-0.4, -0.2) is 19.3 Å². The van der Waals surface area contributed by atoms with E-state index in [0.717, 1.165) is 61.9 Å². The zero-order chi connectivity index (χ0) is 44.2. The van der Waals surface area contributed by atoms with E-state index in [2.05, 4.69) is 230 Å². The molecule has 9 aromatic rings. The number of fused-ring (bicyclic) bond motifs is 5. The van der Waals surface area contributed by atoms with Gasteiger partial charge < -0.3 is 9.47 Å². The minimum absolute atomic E-state index is 0. The number of nitrogens with zero attached hydrogens (tertiary/aromatic N) is 5. The second-order valence-corrected chi connectivity index (χ2v) is 20.1. The first-order chi connectivity index (χ1) is 30.0. The molecule has 0 amide bonds. The number of pyridine rings is 1. The maximum Gasteiger partial charge on any atom is 2.00 e. The molecule has 0 fully saturated rings. The molecule has 4 heterocycles. The van der Waals surface area contributed by atoms with E-state index in [1.54, 1.807) is 0 Å². The fourth-order valence-corrected chi connectivity index (χ4v) is 10.0. The molecule has 0 atom stereocenters. The fourth-order valence-electron chi connectivity index (χ4n) is 10.0. The average molecular weight is 1020 g/mol. The SMILES string of the molecule is Cc1cc(C)c(-c2c(C(C)(C)C)nn(-c3[c-]c4c(cc3)C(C)(C)c3ccccc3N4c3[c-]c4c(cc3)c3ccccc3n4-c3cc(C(C)(C)C)ccn3)c2-c2ccccc2)c(C)c1.[Pt+2]. The number of hydrogen-bond acceptors (Lipinski definition) is 3. The number of anilines is 3. The van der Waals surface area contributed by atoms with Gasteiger partial charge in [0.25, 0.3) is 0 Å². The number of rotatable bonds is 5. The summed E-state index contributed by atoms with van der Waals surface area (Å²) in [6.45, 7) is 24.9. The predicted octanol–water partition coefficient (Wildman–Crippen LogP) is 14.9. The van der Waals surface area contributed by atoms with Gasteiger partial charge in [0, 0.05) is 33.9 Å². The maximum atomic E-state index is 5.62. The van der Waals surface area contributed by atoms with Crippen molar-refractivity contribution in [3.05, 3.63) is 185 Å². The minimum atomic E-state index is -0.308. The summed E-state index contributed by atoms with van der Waals surface area (Å²) in [6.07, 6.45) is 1.94. The molecule has 0 bridgehead atoms. The molecular formula is C58H55N5Pt. The van der Waals surface area contributed by atoms with Crippen LogP contribution in [0.1, 0.15) is 94.5 Å². The van der Waals surface area contributed by atoms with E-state index in [0.29, 0.717) is 0 Å². The van der Waals surface area contributed by atoms with Crippen LogP contribution in [0.15, 0.2) is 134 Å². The van der Waals surface area contributed by atoms with E-state index < -0.39 is 0 Å². The fraction of sp³-hybridized carbons (Fsp3) is 0.241. The molecule has 0 saturated heterocycles. The third-order valence-corrected chi connectivity index (χ3v) is 13.1. The summed E-state index contributed by atoms with van der Waals surface area (Å²) in [6, 6.07) is 54.2. The van der Waals surface area contributed by atoms with Crippen LogP contribution in [0, 0.1) is 32.9 Å². The molecule has 6 heteroatoms. The van der Waals surface area contributed by atoms with E-state index in [-0.39, 0.29) is 37.3 Å². The van der Waals surface area contributed by atoms with Gasteiger partial charge in [0.15, 0.2) is 0 Å². The standard InChI is InChI=1S/C58H55N5.Pt/c1-36-31-37(2)52(38(3)32-36)53-54(39-19-13-12-14-20-39)63(60-55(53)57(7,8)9)42-26-28-46-50(35-42)61(48-24-18-16-22-45(48)58(46,10)11)41-25-27-44-43-21-15-17-23-47(43)62(49(44)34-41)51-33-40(29-30-59-51)56(4,5)6;/h12-33H,1-11H3;/q-2;+2. The molecule has 0 unspecified atom stereocenters. The van der Waals surface area contributed by atoms with Crippen molar-refractivity contribution >= 4 is 38.9 Å². The van der Waals surface area contributed by atoms with Gasteiger partial charge in [-0.2, -0.15) is 17.2 Å². The van der Waals surface area contributed by atoms with Crippen LogP contribution in [0.4, 0.5) is 17.1 Å². The number of aryl methyl sites for hydroxylation is 3. The predicted molar refractivity (Wildman–Crippen MR) is 263 cm³/mol. The van der Waals surface area contributed by atoms with E-state index in [4.69, 9.17) is 10.1 Å². The molecule has 0 radical (unpaired) electrons. The quantitative estimate of drug-likeness (QED) is 0.161. The van der Waals surface area contributed by atoms with Crippen molar-refractivity contribution in [1.82, 2.24) is 19.3 Å². The molecule has 64 heavy (non-hydrogen) atoms. The van der Waals surface area contributed by atoms with Crippen LogP contribution in [0.25, 0.3) is 55.7 Å². The van der Waals surface area contributed by atoms with Gasteiger partial charge in [-0.1, -0.05) is 157 Å². The second kappa shape index (κ2) is 15.6. The van der Waals surface area contributed by atoms with E-state index in [9.17, 15) is 0 Å². The number of para-hydroxylation sites is 2. The maximum absolute atomic E-state index is 5.62. The molecule has 322 valence electrons. The zero-order valence-electron chi connectivity index (χ0n) is 38.8. The molecule has 10 rings (SSSR count). The van der Waals surface area contributed by atoms with Crippen molar-refractivity contribution in [3.63, 3.8) is 0 Å². The van der Waals surface area contributed by atoms with Crippen molar-refractivity contribution < 1.29 is 21.1 Å². The topological polar surface area (TPSA) is 38.9 Å². The summed E-state index contributed by atoms with van der Waals surface area (Å²) in [7, 11) is 0. The van der Waals surface area contributed by atoms with E-state index in [1.807, 2.05) is 6.20 Å². The van der Waals surface area contributed by atoms with Crippen molar-refractivity contribution in [2.24, 2.45) is 0 Å². The van der Waals surface area contributed by atoms with E-state index in [1.165, 1.54) is 49.9 Å². The van der Waals surface area contributed by atoms with E-state index >= 15 is 0 Å². The Labute approximate surface area is 393 Å². The third kappa shape index (κ3) is 6.95. The molecule has 0 saturated carbocycles. The second-order valence-electron chi connectivity index (χ2n) is 20.1. The monoisotopic (exact) mass is 1020 g/mol. The van der Waals surface area contributed by atoms with Gasteiger partial charge in [0.2, 0.25) is 0 Å². The van der Waals surface area contributed by atoms with Gasteiger partial charge in [-0.15, -0.1) is 35.2 Å². The molecule has 3 aromatic heterocycles. The molecule has 0 aliphatic carbocycles.